The number of nitrogen functional groups attached to an aromatic ring is 1. The van der Waals surface area contributed by atoms with Crippen LogP contribution in [0.4, 0.5) is 5.82 Å². The van der Waals surface area contributed by atoms with E-state index < -0.39 is 0 Å². The standard InChI is InChI=1S/C14H23N5/c1-14(2,3)10-4-8-19(9-5-10)13-11(12(15)16)17-6-7-18-13/h6-7,10H,4-5,8-9H2,1-3H3,(H3,15,16). The van der Waals surface area contributed by atoms with Crippen molar-refractivity contribution in [2.75, 3.05) is 18.0 Å². The molecular weight excluding hydrogens is 238 g/mol. The first kappa shape index (κ1) is 13.8. The lowest BCUT2D eigenvalue weighted by molar-refractivity contribution is 0.198. The maximum Gasteiger partial charge on any atom is 0.158 e. The highest BCUT2D eigenvalue weighted by Gasteiger charge is 2.30. The first-order valence-electron chi connectivity index (χ1n) is 6.80. The highest BCUT2D eigenvalue weighted by molar-refractivity contribution is 5.97. The highest BCUT2D eigenvalue weighted by atomic mass is 15.2. The van der Waals surface area contributed by atoms with Crippen LogP contribution in [0.5, 0.6) is 0 Å². The van der Waals surface area contributed by atoms with Gasteiger partial charge < -0.3 is 10.6 Å². The largest absolute Gasteiger partial charge is 0.382 e. The van der Waals surface area contributed by atoms with E-state index in [1.54, 1.807) is 12.4 Å². The molecule has 0 spiro atoms. The van der Waals surface area contributed by atoms with Crippen LogP contribution in [0.25, 0.3) is 0 Å². The number of anilines is 1. The van der Waals surface area contributed by atoms with Gasteiger partial charge in [-0.05, 0) is 24.2 Å². The SMILES string of the molecule is CC(C)(C)C1CCN(c2nccnc2C(=N)N)CC1. The van der Waals surface area contributed by atoms with E-state index in [9.17, 15) is 0 Å². The molecule has 3 N–H and O–H groups in total. The molecule has 2 rings (SSSR count). The molecule has 0 atom stereocenters. The van der Waals surface area contributed by atoms with Crippen molar-refractivity contribution in [2.45, 2.75) is 33.6 Å². The molecule has 1 saturated heterocycles. The van der Waals surface area contributed by atoms with Crippen LogP contribution < -0.4 is 10.6 Å². The Morgan fingerprint density at radius 1 is 1.26 bits per heavy atom. The Bertz CT molecular complexity index is 455. The Labute approximate surface area is 114 Å². The normalized spacial score (nSPS) is 17.5. The van der Waals surface area contributed by atoms with Gasteiger partial charge in [0.2, 0.25) is 0 Å². The molecular formula is C14H23N5. The number of amidine groups is 1. The zero-order valence-electron chi connectivity index (χ0n) is 12.0. The summed E-state index contributed by atoms with van der Waals surface area (Å²) < 4.78 is 0. The maximum atomic E-state index is 7.58. The fourth-order valence-electron chi connectivity index (χ4n) is 2.71. The molecule has 0 amide bonds. The molecule has 0 bridgehead atoms. The quantitative estimate of drug-likeness (QED) is 0.630. The van der Waals surface area contributed by atoms with Gasteiger partial charge in [0.15, 0.2) is 5.82 Å². The molecule has 1 aromatic heterocycles. The van der Waals surface area contributed by atoms with Gasteiger partial charge in [-0.3, -0.25) is 5.41 Å². The average molecular weight is 261 g/mol. The van der Waals surface area contributed by atoms with Gasteiger partial charge in [0.05, 0.1) is 0 Å². The van der Waals surface area contributed by atoms with Gasteiger partial charge in [-0.1, -0.05) is 20.8 Å². The summed E-state index contributed by atoms with van der Waals surface area (Å²) in [4.78, 5) is 10.7. The smallest absolute Gasteiger partial charge is 0.158 e. The van der Waals surface area contributed by atoms with Gasteiger partial charge in [0.1, 0.15) is 11.5 Å². The molecule has 0 saturated carbocycles. The number of piperidine rings is 1. The van der Waals surface area contributed by atoms with E-state index in [0.717, 1.165) is 37.7 Å². The predicted octanol–water partition coefficient (Wildman–Crippen LogP) is 2.02. The third kappa shape index (κ3) is 3.03. The second kappa shape index (κ2) is 5.15. The van der Waals surface area contributed by atoms with E-state index in [1.165, 1.54) is 0 Å². The topological polar surface area (TPSA) is 78.9 Å². The summed E-state index contributed by atoms with van der Waals surface area (Å²) in [5, 5.41) is 7.58. The van der Waals surface area contributed by atoms with E-state index in [0.29, 0.717) is 11.1 Å². The van der Waals surface area contributed by atoms with Gasteiger partial charge in [0, 0.05) is 25.5 Å². The van der Waals surface area contributed by atoms with E-state index >= 15 is 0 Å². The molecule has 19 heavy (non-hydrogen) atoms. The van der Waals surface area contributed by atoms with Crippen molar-refractivity contribution in [2.24, 2.45) is 17.1 Å². The van der Waals surface area contributed by atoms with Crippen LogP contribution >= 0.6 is 0 Å². The lowest BCUT2D eigenvalue weighted by Crippen LogP contribution is -2.39. The van der Waals surface area contributed by atoms with Gasteiger partial charge >= 0.3 is 0 Å². The zero-order chi connectivity index (χ0) is 14.0. The molecule has 1 fully saturated rings. The van der Waals surface area contributed by atoms with Gasteiger partial charge in [0.25, 0.3) is 0 Å². The minimum Gasteiger partial charge on any atom is -0.382 e. The van der Waals surface area contributed by atoms with Crippen molar-refractivity contribution in [1.82, 2.24) is 9.97 Å². The minimum atomic E-state index is -0.0129. The predicted molar refractivity (Wildman–Crippen MR) is 77.4 cm³/mol. The molecule has 5 heteroatoms. The van der Waals surface area contributed by atoms with Crippen molar-refractivity contribution < 1.29 is 0 Å². The number of nitrogens with zero attached hydrogens (tertiary/aromatic N) is 3. The number of nitrogens with one attached hydrogen (secondary N) is 1. The molecule has 0 aliphatic carbocycles. The molecule has 1 aliphatic rings. The van der Waals surface area contributed by atoms with Crippen LogP contribution in [0.2, 0.25) is 0 Å². The van der Waals surface area contributed by atoms with Gasteiger partial charge in [-0.2, -0.15) is 0 Å². The number of rotatable bonds is 2. The molecule has 0 unspecified atom stereocenters. The third-order valence-electron chi connectivity index (χ3n) is 3.95. The number of nitrogens with two attached hydrogens (primary N) is 1. The number of hydrogen-bond acceptors (Lipinski definition) is 4. The summed E-state index contributed by atoms with van der Waals surface area (Å²) in [5.41, 5.74) is 6.43. The monoisotopic (exact) mass is 261 g/mol. The van der Waals surface area contributed by atoms with Crippen molar-refractivity contribution in [3.63, 3.8) is 0 Å². The molecule has 1 aromatic rings. The van der Waals surface area contributed by atoms with Crippen LogP contribution in [0, 0.1) is 16.7 Å². The zero-order valence-corrected chi connectivity index (χ0v) is 12.0. The fourth-order valence-corrected chi connectivity index (χ4v) is 2.71. The third-order valence-corrected chi connectivity index (χ3v) is 3.95. The molecule has 1 aliphatic heterocycles. The number of aromatic nitrogens is 2. The summed E-state index contributed by atoms with van der Waals surface area (Å²) in [6.07, 6.45) is 5.55. The second-order valence-corrected chi connectivity index (χ2v) is 6.27. The summed E-state index contributed by atoms with van der Waals surface area (Å²) in [5.74, 6) is 1.48. The first-order chi connectivity index (χ1) is 8.89. The van der Waals surface area contributed by atoms with E-state index in [-0.39, 0.29) is 5.84 Å². The van der Waals surface area contributed by atoms with E-state index in [4.69, 9.17) is 11.1 Å². The van der Waals surface area contributed by atoms with E-state index in [1.807, 2.05) is 0 Å². The Kier molecular flexibility index (Phi) is 3.73. The summed E-state index contributed by atoms with van der Waals surface area (Å²) in [7, 11) is 0. The minimum absolute atomic E-state index is 0.0129. The molecule has 0 aromatic carbocycles. The summed E-state index contributed by atoms with van der Waals surface area (Å²) >= 11 is 0. The van der Waals surface area contributed by atoms with Crippen molar-refractivity contribution in [1.29, 1.82) is 5.41 Å². The molecule has 104 valence electrons. The van der Waals surface area contributed by atoms with Crippen LogP contribution in [-0.2, 0) is 0 Å². The lowest BCUT2D eigenvalue weighted by Gasteiger charge is -2.39. The van der Waals surface area contributed by atoms with Crippen molar-refractivity contribution >= 4 is 11.7 Å². The van der Waals surface area contributed by atoms with Crippen molar-refractivity contribution in [3.05, 3.63) is 18.1 Å². The summed E-state index contributed by atoms with van der Waals surface area (Å²) in [6, 6.07) is 0. The van der Waals surface area contributed by atoms with Crippen LogP contribution in [-0.4, -0.2) is 28.9 Å². The second-order valence-electron chi connectivity index (χ2n) is 6.27. The highest BCUT2D eigenvalue weighted by Crippen LogP contribution is 2.35. The molecule has 5 nitrogen and oxygen atoms in total. The van der Waals surface area contributed by atoms with E-state index in [2.05, 4.69) is 35.6 Å². The molecule has 0 radical (unpaired) electrons. The number of hydrogen-bond donors (Lipinski definition) is 2. The Balaban J connectivity index is 2.12. The van der Waals surface area contributed by atoms with Crippen LogP contribution in [0.1, 0.15) is 39.3 Å². The Hall–Kier alpha value is -1.65. The fraction of sp³-hybridized carbons (Fsp3) is 0.643. The molecule has 2 heterocycles. The lowest BCUT2D eigenvalue weighted by atomic mass is 9.75. The summed E-state index contributed by atoms with van der Waals surface area (Å²) in [6.45, 7) is 8.83. The van der Waals surface area contributed by atoms with Crippen LogP contribution in [0.15, 0.2) is 12.4 Å². The van der Waals surface area contributed by atoms with Gasteiger partial charge in [-0.15, -0.1) is 0 Å². The van der Waals surface area contributed by atoms with Gasteiger partial charge in [-0.25, -0.2) is 9.97 Å². The Morgan fingerprint density at radius 2 is 1.84 bits per heavy atom. The Morgan fingerprint density at radius 3 is 2.37 bits per heavy atom. The van der Waals surface area contributed by atoms with Crippen molar-refractivity contribution in [3.8, 4) is 0 Å². The van der Waals surface area contributed by atoms with Crippen LogP contribution in [0.3, 0.4) is 0 Å². The average Bonchev–Trinajstić information content (AvgIpc) is 2.38. The first-order valence-corrected chi connectivity index (χ1v) is 6.80. The maximum absolute atomic E-state index is 7.58.